The fraction of sp³-hybridized carbons (Fsp3) is 0.174. The average Bonchev–Trinajstić information content (AvgIpc) is 3.03. The highest BCUT2D eigenvalue weighted by molar-refractivity contribution is 7.92. The number of aromatic nitrogens is 1. The zero-order chi connectivity index (χ0) is 21.5. The van der Waals surface area contributed by atoms with Crippen LogP contribution in [0.4, 0.5) is 5.69 Å². The molecule has 1 N–H and O–H groups in total. The molecular formula is C23H22N2O3S2. The molecule has 0 radical (unpaired) electrons. The Morgan fingerprint density at radius 2 is 1.73 bits per heavy atom. The molecule has 4 aromatic rings. The first-order chi connectivity index (χ1) is 14.3. The molecule has 2 aromatic carbocycles. The van der Waals surface area contributed by atoms with E-state index in [-0.39, 0.29) is 4.90 Å². The van der Waals surface area contributed by atoms with E-state index in [0.29, 0.717) is 5.69 Å². The normalized spacial score (nSPS) is 11.6. The van der Waals surface area contributed by atoms with Crippen LogP contribution in [0.15, 0.2) is 59.5 Å². The Kier molecular flexibility index (Phi) is 5.26. The van der Waals surface area contributed by atoms with Crippen LogP contribution in [0, 0.1) is 20.8 Å². The summed E-state index contributed by atoms with van der Waals surface area (Å²) in [6, 6.07) is 16.4. The van der Waals surface area contributed by atoms with Crippen LogP contribution in [-0.2, 0) is 10.0 Å². The van der Waals surface area contributed by atoms with Gasteiger partial charge >= 0.3 is 0 Å². The summed E-state index contributed by atoms with van der Waals surface area (Å²) in [7, 11) is -2.11. The number of anilines is 1. The number of thiophene rings is 1. The monoisotopic (exact) mass is 438 g/mol. The van der Waals surface area contributed by atoms with Gasteiger partial charge in [-0.3, -0.25) is 4.72 Å². The molecule has 0 aliphatic carbocycles. The van der Waals surface area contributed by atoms with Crippen LogP contribution < -0.4 is 9.46 Å². The molecule has 0 aliphatic heterocycles. The zero-order valence-electron chi connectivity index (χ0n) is 17.2. The fourth-order valence-corrected chi connectivity index (χ4v) is 5.64. The van der Waals surface area contributed by atoms with E-state index >= 15 is 0 Å². The summed E-state index contributed by atoms with van der Waals surface area (Å²) in [5, 5.41) is 0.798. The van der Waals surface area contributed by atoms with Crippen molar-refractivity contribution in [3.05, 3.63) is 70.7 Å². The Hall–Kier alpha value is -2.90. The summed E-state index contributed by atoms with van der Waals surface area (Å²) in [5.74, 6) is 0.744. The van der Waals surface area contributed by atoms with E-state index in [0.717, 1.165) is 43.2 Å². The standard InChI is InChI=1S/C23H22N2O3S2/c1-14-8-10-19(11-9-14)30(26,27)25-20-12-15(2)24-23-22(20)21(16(3)29-23)17-6-5-7-18(13-17)28-4/h5-13H,1-4H3,(H,24,25). The highest BCUT2D eigenvalue weighted by Gasteiger charge is 2.21. The van der Waals surface area contributed by atoms with Crippen molar-refractivity contribution in [3.8, 4) is 16.9 Å². The molecule has 0 fully saturated rings. The number of benzene rings is 2. The smallest absolute Gasteiger partial charge is 0.261 e. The third kappa shape index (κ3) is 3.78. The van der Waals surface area contributed by atoms with Crippen molar-refractivity contribution in [3.63, 3.8) is 0 Å². The van der Waals surface area contributed by atoms with Gasteiger partial charge in [-0.15, -0.1) is 11.3 Å². The largest absolute Gasteiger partial charge is 0.497 e. The van der Waals surface area contributed by atoms with E-state index in [1.807, 2.05) is 45.0 Å². The molecule has 0 saturated heterocycles. The number of rotatable bonds is 5. The Balaban J connectivity index is 1.90. The minimum absolute atomic E-state index is 0.227. The molecule has 2 aromatic heterocycles. The molecule has 0 aliphatic rings. The summed E-state index contributed by atoms with van der Waals surface area (Å²) in [6.07, 6.45) is 0. The van der Waals surface area contributed by atoms with E-state index in [1.54, 1.807) is 48.8 Å². The van der Waals surface area contributed by atoms with Crippen molar-refractivity contribution in [1.82, 2.24) is 4.98 Å². The maximum atomic E-state index is 13.1. The molecule has 0 spiro atoms. The second-order valence-electron chi connectivity index (χ2n) is 7.18. The number of hydrogen-bond acceptors (Lipinski definition) is 5. The quantitative estimate of drug-likeness (QED) is 0.434. The van der Waals surface area contributed by atoms with Crippen LogP contribution in [0.1, 0.15) is 16.1 Å². The van der Waals surface area contributed by atoms with Gasteiger partial charge in [-0.25, -0.2) is 13.4 Å². The molecule has 0 amide bonds. The van der Waals surface area contributed by atoms with Crippen LogP contribution in [0.3, 0.4) is 0 Å². The lowest BCUT2D eigenvalue weighted by molar-refractivity contribution is 0.415. The van der Waals surface area contributed by atoms with Crippen molar-refractivity contribution >= 4 is 37.3 Å². The second kappa shape index (κ2) is 7.74. The Morgan fingerprint density at radius 3 is 2.43 bits per heavy atom. The molecule has 0 unspecified atom stereocenters. The number of sulfonamides is 1. The van der Waals surface area contributed by atoms with E-state index in [9.17, 15) is 8.42 Å². The van der Waals surface area contributed by atoms with Gasteiger partial charge in [-0.1, -0.05) is 29.8 Å². The van der Waals surface area contributed by atoms with E-state index in [1.165, 1.54) is 0 Å². The minimum atomic E-state index is -3.74. The third-order valence-corrected chi connectivity index (χ3v) is 7.28. The molecule has 154 valence electrons. The Morgan fingerprint density at radius 1 is 1.00 bits per heavy atom. The van der Waals surface area contributed by atoms with Gasteiger partial charge < -0.3 is 4.74 Å². The fourth-order valence-electron chi connectivity index (χ4n) is 3.46. The van der Waals surface area contributed by atoms with Crippen molar-refractivity contribution in [2.45, 2.75) is 25.7 Å². The van der Waals surface area contributed by atoms with Crippen LogP contribution in [0.5, 0.6) is 5.75 Å². The van der Waals surface area contributed by atoms with E-state index in [2.05, 4.69) is 9.71 Å². The third-order valence-electron chi connectivity index (χ3n) is 4.90. The maximum absolute atomic E-state index is 13.1. The van der Waals surface area contributed by atoms with Crippen LogP contribution in [-0.4, -0.2) is 20.5 Å². The first kappa shape index (κ1) is 20.4. The number of nitrogens with zero attached hydrogens (tertiary/aromatic N) is 1. The predicted molar refractivity (Wildman–Crippen MR) is 123 cm³/mol. The van der Waals surface area contributed by atoms with Crippen LogP contribution in [0.2, 0.25) is 0 Å². The van der Waals surface area contributed by atoms with Gasteiger partial charge in [0, 0.05) is 21.5 Å². The van der Waals surface area contributed by atoms with Gasteiger partial charge in [0.2, 0.25) is 0 Å². The van der Waals surface area contributed by atoms with Gasteiger partial charge in [0.1, 0.15) is 10.6 Å². The first-order valence-electron chi connectivity index (χ1n) is 9.43. The SMILES string of the molecule is COc1cccc(-c2c(C)sc3nc(C)cc(NS(=O)(=O)c4ccc(C)cc4)c23)c1. The second-order valence-corrected chi connectivity index (χ2v) is 10.1. The van der Waals surface area contributed by atoms with E-state index < -0.39 is 10.0 Å². The number of hydrogen-bond donors (Lipinski definition) is 1. The number of nitrogens with one attached hydrogen (secondary N) is 1. The Labute approximate surface area is 180 Å². The number of aryl methyl sites for hydroxylation is 3. The summed E-state index contributed by atoms with van der Waals surface area (Å²) in [4.78, 5) is 6.74. The highest BCUT2D eigenvalue weighted by Crippen LogP contribution is 2.42. The molecule has 0 atom stereocenters. The zero-order valence-corrected chi connectivity index (χ0v) is 18.8. The molecule has 7 heteroatoms. The van der Waals surface area contributed by atoms with Gasteiger partial charge in [-0.05, 0) is 56.7 Å². The highest BCUT2D eigenvalue weighted by atomic mass is 32.2. The summed E-state index contributed by atoms with van der Waals surface area (Å²) in [6.45, 7) is 5.81. The topological polar surface area (TPSA) is 68.3 Å². The Bertz CT molecular complexity index is 1340. The molecule has 5 nitrogen and oxygen atoms in total. The molecule has 30 heavy (non-hydrogen) atoms. The lowest BCUT2D eigenvalue weighted by Crippen LogP contribution is -2.13. The van der Waals surface area contributed by atoms with Crippen molar-refractivity contribution in [2.24, 2.45) is 0 Å². The molecule has 2 heterocycles. The van der Waals surface area contributed by atoms with Crippen LogP contribution >= 0.6 is 11.3 Å². The number of ether oxygens (including phenoxy) is 1. The lowest BCUT2D eigenvalue weighted by Gasteiger charge is -2.12. The van der Waals surface area contributed by atoms with Crippen LogP contribution in [0.25, 0.3) is 21.3 Å². The van der Waals surface area contributed by atoms with E-state index in [4.69, 9.17) is 4.74 Å². The van der Waals surface area contributed by atoms with Gasteiger partial charge in [-0.2, -0.15) is 0 Å². The minimum Gasteiger partial charge on any atom is -0.497 e. The predicted octanol–water partition coefficient (Wildman–Crippen LogP) is 5.70. The molecule has 0 bridgehead atoms. The first-order valence-corrected chi connectivity index (χ1v) is 11.7. The maximum Gasteiger partial charge on any atom is 0.261 e. The number of fused-ring (bicyclic) bond motifs is 1. The number of methoxy groups -OCH3 is 1. The number of pyridine rings is 1. The van der Waals surface area contributed by atoms with Gasteiger partial charge in [0.15, 0.2) is 0 Å². The van der Waals surface area contributed by atoms with Gasteiger partial charge in [0.05, 0.1) is 17.7 Å². The average molecular weight is 439 g/mol. The molecule has 0 saturated carbocycles. The van der Waals surface area contributed by atoms with Gasteiger partial charge in [0.25, 0.3) is 10.0 Å². The van der Waals surface area contributed by atoms with Crippen molar-refractivity contribution in [2.75, 3.05) is 11.8 Å². The summed E-state index contributed by atoms with van der Waals surface area (Å²) >= 11 is 1.55. The lowest BCUT2D eigenvalue weighted by atomic mass is 10.0. The molecule has 4 rings (SSSR count). The summed E-state index contributed by atoms with van der Waals surface area (Å²) < 4.78 is 34.3. The van der Waals surface area contributed by atoms with Crippen molar-refractivity contribution < 1.29 is 13.2 Å². The molecular weight excluding hydrogens is 416 g/mol. The van der Waals surface area contributed by atoms with Crippen molar-refractivity contribution in [1.29, 1.82) is 0 Å². The summed E-state index contributed by atoms with van der Waals surface area (Å²) in [5.41, 5.74) is 4.20.